The number of nitrogens with one attached hydrogen (secondary N) is 2. The third kappa shape index (κ3) is 7.56. The molecule has 3 heterocycles. The van der Waals surface area contributed by atoms with Gasteiger partial charge in [-0.05, 0) is 66.5 Å². The number of piperazine rings is 1. The largest absolute Gasteiger partial charge is 0.494 e. The van der Waals surface area contributed by atoms with Gasteiger partial charge >= 0.3 is 0 Å². The molecule has 5 rings (SSSR count). The first-order valence-corrected chi connectivity index (χ1v) is 17.7. The van der Waals surface area contributed by atoms with Crippen LogP contribution in [-0.4, -0.2) is 108 Å². The Balaban J connectivity index is 1.34. The molecule has 0 saturated carbocycles. The number of hydrogen-bond acceptors (Lipinski definition) is 11. The number of anilines is 6. The van der Waals surface area contributed by atoms with Crippen molar-refractivity contribution in [1.29, 1.82) is 0 Å². The second kappa shape index (κ2) is 14.0. The molecule has 2 aliphatic heterocycles. The number of rotatable bonds is 10. The Morgan fingerprint density at radius 3 is 2.31 bits per heavy atom. The number of halogens is 1. The highest BCUT2D eigenvalue weighted by molar-refractivity contribution is 9.10. The molecular weight excluding hydrogens is 660 g/mol. The Morgan fingerprint density at radius 2 is 1.67 bits per heavy atom. The number of sulfonamides is 1. The summed E-state index contributed by atoms with van der Waals surface area (Å²) < 4.78 is 37.9. The Bertz CT molecular complexity index is 1610. The molecule has 0 amide bonds. The first-order chi connectivity index (χ1) is 21.5. The molecule has 0 radical (unpaired) electrons. The van der Waals surface area contributed by atoms with Crippen molar-refractivity contribution in [3.05, 3.63) is 46.6 Å². The van der Waals surface area contributed by atoms with E-state index in [0.717, 1.165) is 69.6 Å². The molecule has 12 nitrogen and oxygen atoms in total. The minimum Gasteiger partial charge on any atom is -0.494 e. The van der Waals surface area contributed by atoms with E-state index < -0.39 is 10.0 Å². The summed E-state index contributed by atoms with van der Waals surface area (Å²) in [6.45, 7) is 8.74. The lowest BCUT2D eigenvalue weighted by Crippen LogP contribution is -2.52. The molecule has 244 valence electrons. The highest BCUT2D eigenvalue weighted by Gasteiger charge is 2.28. The van der Waals surface area contributed by atoms with E-state index in [1.165, 1.54) is 24.2 Å². The van der Waals surface area contributed by atoms with E-state index in [-0.39, 0.29) is 0 Å². The average Bonchev–Trinajstić information content (AvgIpc) is 3.02. The van der Waals surface area contributed by atoms with Gasteiger partial charge in [0.1, 0.15) is 23.0 Å². The predicted molar refractivity (Wildman–Crippen MR) is 185 cm³/mol. The second-order valence-electron chi connectivity index (χ2n) is 11.6. The van der Waals surface area contributed by atoms with E-state index in [9.17, 15) is 8.42 Å². The van der Waals surface area contributed by atoms with E-state index in [1.54, 1.807) is 31.5 Å². The zero-order valence-corrected chi connectivity index (χ0v) is 29.2. The van der Waals surface area contributed by atoms with Crippen molar-refractivity contribution in [3.8, 4) is 11.5 Å². The molecular formula is C31H43BrN8O4S. The number of hydrogen-bond donors (Lipinski definition) is 2. The first kappa shape index (κ1) is 33.0. The van der Waals surface area contributed by atoms with E-state index in [0.29, 0.717) is 45.2 Å². The Labute approximate surface area is 274 Å². The fraction of sp³-hybridized carbons (Fsp3) is 0.484. The topological polar surface area (TPSA) is 115 Å². The lowest BCUT2D eigenvalue weighted by atomic mass is 10.0. The number of piperidine rings is 1. The van der Waals surface area contributed by atoms with Crippen LogP contribution in [-0.2, 0) is 10.0 Å². The number of ether oxygens (including phenoxy) is 2. The third-order valence-corrected chi connectivity index (χ3v) is 10.4. The molecule has 0 spiro atoms. The molecule has 3 aromatic rings. The van der Waals surface area contributed by atoms with Gasteiger partial charge in [0.25, 0.3) is 0 Å². The van der Waals surface area contributed by atoms with Crippen LogP contribution in [0.25, 0.3) is 0 Å². The van der Waals surface area contributed by atoms with Crippen molar-refractivity contribution in [2.75, 3.05) is 93.7 Å². The lowest BCUT2D eigenvalue weighted by molar-refractivity contribution is 0.0982. The molecule has 0 unspecified atom stereocenters. The van der Waals surface area contributed by atoms with Gasteiger partial charge in [0.2, 0.25) is 16.0 Å². The molecule has 14 heteroatoms. The summed E-state index contributed by atoms with van der Waals surface area (Å²) >= 11 is 3.52. The Morgan fingerprint density at radius 1 is 0.978 bits per heavy atom. The van der Waals surface area contributed by atoms with Crippen molar-refractivity contribution in [1.82, 2.24) is 19.8 Å². The highest BCUT2D eigenvalue weighted by Crippen LogP contribution is 2.40. The summed E-state index contributed by atoms with van der Waals surface area (Å²) in [6, 6.07) is 10.1. The SMILES string of the molecule is COc1cc(N2CCC(N3CCN(C)CC3)CC2)c(C)cc1Nc1ncc(Br)c(Nc2cccc(OC)c2N(C)S(C)(=O)=O)n1. The number of benzene rings is 2. The summed E-state index contributed by atoms with van der Waals surface area (Å²) in [6.07, 6.45) is 5.09. The van der Waals surface area contributed by atoms with Crippen LogP contribution in [0.2, 0.25) is 0 Å². The van der Waals surface area contributed by atoms with Gasteiger partial charge in [-0.25, -0.2) is 13.4 Å². The predicted octanol–water partition coefficient (Wildman–Crippen LogP) is 4.66. The van der Waals surface area contributed by atoms with Crippen LogP contribution in [0.3, 0.4) is 0 Å². The molecule has 2 aromatic carbocycles. The minimum absolute atomic E-state index is 0.347. The van der Waals surface area contributed by atoms with Crippen LogP contribution in [0.15, 0.2) is 41.0 Å². The van der Waals surface area contributed by atoms with Crippen LogP contribution >= 0.6 is 15.9 Å². The van der Waals surface area contributed by atoms with Crippen LogP contribution in [0, 0.1) is 6.92 Å². The number of methoxy groups -OCH3 is 2. The summed E-state index contributed by atoms with van der Waals surface area (Å²) in [5, 5.41) is 6.57. The first-order valence-electron chi connectivity index (χ1n) is 15.0. The van der Waals surface area contributed by atoms with Crippen LogP contribution in [0.4, 0.5) is 34.5 Å². The van der Waals surface area contributed by atoms with Crippen molar-refractivity contribution >= 4 is 60.5 Å². The number of aromatic nitrogens is 2. The number of nitrogens with zero attached hydrogens (tertiary/aromatic N) is 6. The molecule has 0 atom stereocenters. The Kier molecular flexibility index (Phi) is 10.3. The van der Waals surface area contributed by atoms with Crippen molar-refractivity contribution in [3.63, 3.8) is 0 Å². The standard InChI is InChI=1S/C31H43BrN8O4S/c1-21-18-25(28(44-5)19-26(21)40-12-10-22(11-13-40)39-16-14-37(2)15-17-39)35-31-33-20-23(32)30(36-31)34-24-8-7-9-27(43-4)29(24)38(3)45(6,41)42/h7-9,18-20,22H,10-17H2,1-6H3,(H2,33,34,35,36). The van der Waals surface area contributed by atoms with Gasteiger partial charge in [0, 0.05) is 70.3 Å². The van der Waals surface area contributed by atoms with Gasteiger partial charge in [-0.2, -0.15) is 4.98 Å². The van der Waals surface area contributed by atoms with Gasteiger partial charge in [0.05, 0.1) is 36.3 Å². The number of para-hydroxylation sites is 1. The maximum absolute atomic E-state index is 12.4. The molecule has 2 fully saturated rings. The molecule has 2 N–H and O–H groups in total. The van der Waals surface area contributed by atoms with E-state index in [2.05, 4.69) is 72.4 Å². The van der Waals surface area contributed by atoms with Crippen LogP contribution < -0.4 is 29.3 Å². The van der Waals surface area contributed by atoms with Crippen LogP contribution in [0.1, 0.15) is 18.4 Å². The quantitative estimate of drug-likeness (QED) is 0.307. The van der Waals surface area contributed by atoms with Gasteiger partial charge < -0.3 is 29.9 Å². The van der Waals surface area contributed by atoms with Gasteiger partial charge in [0.15, 0.2) is 0 Å². The molecule has 0 aliphatic carbocycles. The normalized spacial score (nSPS) is 16.8. The summed E-state index contributed by atoms with van der Waals surface area (Å²) in [5.74, 6) is 1.89. The monoisotopic (exact) mass is 702 g/mol. The fourth-order valence-electron chi connectivity index (χ4n) is 5.99. The molecule has 2 aliphatic rings. The maximum atomic E-state index is 12.4. The van der Waals surface area contributed by atoms with Crippen molar-refractivity contribution in [2.24, 2.45) is 0 Å². The molecule has 2 saturated heterocycles. The van der Waals surface area contributed by atoms with Crippen molar-refractivity contribution in [2.45, 2.75) is 25.8 Å². The van der Waals surface area contributed by atoms with Crippen molar-refractivity contribution < 1.29 is 17.9 Å². The van der Waals surface area contributed by atoms with Gasteiger partial charge in [-0.3, -0.25) is 9.21 Å². The minimum atomic E-state index is -3.56. The van der Waals surface area contributed by atoms with Gasteiger partial charge in [-0.15, -0.1) is 0 Å². The molecule has 1 aromatic heterocycles. The third-order valence-electron chi connectivity index (χ3n) is 8.65. The zero-order valence-electron chi connectivity index (χ0n) is 26.8. The smallest absolute Gasteiger partial charge is 0.232 e. The molecule has 0 bridgehead atoms. The zero-order chi connectivity index (χ0) is 32.3. The van der Waals surface area contributed by atoms with E-state index >= 15 is 0 Å². The van der Waals surface area contributed by atoms with Crippen LogP contribution in [0.5, 0.6) is 11.5 Å². The highest BCUT2D eigenvalue weighted by atomic mass is 79.9. The number of likely N-dealkylation sites (N-methyl/N-ethyl adjacent to an activating group) is 1. The van der Waals surface area contributed by atoms with E-state index in [4.69, 9.17) is 14.5 Å². The summed E-state index contributed by atoms with van der Waals surface area (Å²) in [4.78, 5) is 16.7. The summed E-state index contributed by atoms with van der Waals surface area (Å²) in [5.41, 5.74) is 3.92. The molecule has 45 heavy (non-hydrogen) atoms. The number of aryl methyl sites for hydroxylation is 1. The second-order valence-corrected chi connectivity index (χ2v) is 14.5. The maximum Gasteiger partial charge on any atom is 0.232 e. The fourth-order valence-corrected chi connectivity index (χ4v) is 6.80. The lowest BCUT2D eigenvalue weighted by Gasteiger charge is -2.43. The Hall–Kier alpha value is -3.33. The van der Waals surface area contributed by atoms with E-state index in [1.807, 2.05) is 0 Å². The average molecular weight is 704 g/mol. The van der Waals surface area contributed by atoms with Gasteiger partial charge in [-0.1, -0.05) is 6.07 Å². The summed E-state index contributed by atoms with van der Waals surface area (Å²) in [7, 11) is 3.28.